The molecule has 0 fully saturated rings. The predicted octanol–water partition coefficient (Wildman–Crippen LogP) is 4.13. The van der Waals surface area contributed by atoms with Crippen LogP contribution in [0.25, 0.3) is 10.8 Å². The third-order valence-corrected chi connectivity index (χ3v) is 3.92. The van der Waals surface area contributed by atoms with E-state index in [1.807, 2.05) is 44.2 Å². The summed E-state index contributed by atoms with van der Waals surface area (Å²) in [5.74, 6) is 0. The first-order chi connectivity index (χ1) is 10.1. The van der Waals surface area contributed by atoms with E-state index in [0.29, 0.717) is 6.42 Å². The summed E-state index contributed by atoms with van der Waals surface area (Å²) < 4.78 is 0. The molecule has 0 spiro atoms. The molecule has 0 aliphatic heterocycles. The van der Waals surface area contributed by atoms with E-state index in [2.05, 4.69) is 29.2 Å². The molecule has 106 valence electrons. The Morgan fingerprint density at radius 3 is 2.52 bits per heavy atom. The smallest absolute Gasteiger partial charge is 0.0848 e. The van der Waals surface area contributed by atoms with Crippen LogP contribution in [0.4, 0.5) is 0 Å². The van der Waals surface area contributed by atoms with Gasteiger partial charge in [-0.1, -0.05) is 48.5 Å². The number of aryl methyl sites for hydroxylation is 2. The van der Waals surface area contributed by atoms with Crippen molar-refractivity contribution in [2.45, 2.75) is 26.4 Å². The van der Waals surface area contributed by atoms with Gasteiger partial charge in [0.25, 0.3) is 0 Å². The predicted molar refractivity (Wildman–Crippen MR) is 86.3 cm³/mol. The van der Waals surface area contributed by atoms with Gasteiger partial charge >= 0.3 is 0 Å². The molecule has 2 aromatic carbocycles. The minimum atomic E-state index is -0.524. The van der Waals surface area contributed by atoms with Gasteiger partial charge in [0.05, 0.1) is 6.10 Å². The van der Waals surface area contributed by atoms with Gasteiger partial charge in [0.1, 0.15) is 0 Å². The quantitative estimate of drug-likeness (QED) is 0.781. The molecule has 1 aromatic heterocycles. The number of benzene rings is 2. The lowest BCUT2D eigenvalue weighted by Gasteiger charge is -2.15. The van der Waals surface area contributed by atoms with Crippen molar-refractivity contribution in [2.75, 3.05) is 0 Å². The lowest BCUT2D eigenvalue weighted by molar-refractivity contribution is 0.177. The van der Waals surface area contributed by atoms with Crippen molar-refractivity contribution in [2.24, 2.45) is 0 Å². The van der Waals surface area contributed by atoms with Crippen LogP contribution in [0, 0.1) is 13.8 Å². The van der Waals surface area contributed by atoms with Crippen LogP contribution in [-0.2, 0) is 6.42 Å². The Hall–Kier alpha value is -2.19. The second-order valence-corrected chi connectivity index (χ2v) is 5.49. The van der Waals surface area contributed by atoms with E-state index in [-0.39, 0.29) is 0 Å². The molecular formula is C19H19NO. The summed E-state index contributed by atoms with van der Waals surface area (Å²) in [5.41, 5.74) is 3.96. The van der Waals surface area contributed by atoms with Gasteiger partial charge in [0, 0.05) is 23.4 Å². The Bertz CT molecular complexity index is 774. The normalized spacial score (nSPS) is 12.5. The number of nitrogens with zero attached hydrogens (tertiary/aromatic N) is 1. The van der Waals surface area contributed by atoms with E-state index in [1.165, 1.54) is 16.3 Å². The fraction of sp³-hybridized carbons (Fsp3) is 0.211. The molecule has 3 rings (SSSR count). The number of hydrogen-bond acceptors (Lipinski definition) is 2. The second-order valence-electron chi connectivity index (χ2n) is 5.49. The molecule has 0 aliphatic carbocycles. The summed E-state index contributed by atoms with van der Waals surface area (Å²) in [4.78, 5) is 4.44. The highest BCUT2D eigenvalue weighted by Gasteiger charge is 2.13. The van der Waals surface area contributed by atoms with Crippen LogP contribution in [-0.4, -0.2) is 10.1 Å². The number of pyridine rings is 1. The highest BCUT2D eigenvalue weighted by atomic mass is 16.3. The van der Waals surface area contributed by atoms with Crippen LogP contribution in [0.2, 0.25) is 0 Å². The zero-order valence-corrected chi connectivity index (χ0v) is 12.4. The number of aliphatic hydroxyl groups is 1. The molecule has 1 unspecified atom stereocenters. The molecule has 2 heteroatoms. The number of hydrogen-bond donors (Lipinski definition) is 1. The summed E-state index contributed by atoms with van der Waals surface area (Å²) >= 11 is 0. The standard InChI is InChI=1S/C19H19NO/c1-13-10-11-17(14(2)20-13)19(21)12-16-8-5-7-15-6-3-4-9-18(15)16/h3-11,19,21H,12H2,1-2H3. The first kappa shape index (κ1) is 13.8. The third kappa shape index (κ3) is 2.81. The van der Waals surface area contributed by atoms with Crippen LogP contribution in [0.3, 0.4) is 0 Å². The molecule has 3 aromatic rings. The van der Waals surface area contributed by atoms with Crippen molar-refractivity contribution in [3.05, 3.63) is 77.1 Å². The monoisotopic (exact) mass is 277 g/mol. The molecule has 2 nitrogen and oxygen atoms in total. The Morgan fingerprint density at radius 2 is 1.71 bits per heavy atom. The van der Waals surface area contributed by atoms with E-state index in [9.17, 15) is 5.11 Å². The first-order valence-corrected chi connectivity index (χ1v) is 7.24. The Labute approximate surface area is 125 Å². The zero-order valence-electron chi connectivity index (χ0n) is 12.4. The molecule has 0 bridgehead atoms. The maximum atomic E-state index is 10.6. The average Bonchev–Trinajstić information content (AvgIpc) is 2.47. The van der Waals surface area contributed by atoms with E-state index >= 15 is 0 Å². The van der Waals surface area contributed by atoms with Gasteiger partial charge in [-0.15, -0.1) is 0 Å². The van der Waals surface area contributed by atoms with Gasteiger partial charge in [-0.2, -0.15) is 0 Å². The minimum absolute atomic E-state index is 0.524. The van der Waals surface area contributed by atoms with Crippen molar-refractivity contribution in [1.29, 1.82) is 0 Å². The maximum absolute atomic E-state index is 10.6. The molecule has 1 N–H and O–H groups in total. The molecule has 0 saturated heterocycles. The van der Waals surface area contributed by atoms with Gasteiger partial charge in [-0.3, -0.25) is 4.98 Å². The van der Waals surface area contributed by atoms with Crippen LogP contribution in [0.15, 0.2) is 54.6 Å². The number of fused-ring (bicyclic) bond motifs is 1. The zero-order chi connectivity index (χ0) is 14.8. The highest BCUT2D eigenvalue weighted by molar-refractivity contribution is 5.85. The fourth-order valence-corrected chi connectivity index (χ4v) is 2.84. The molecule has 0 aliphatic rings. The van der Waals surface area contributed by atoms with Crippen LogP contribution in [0.1, 0.15) is 28.6 Å². The van der Waals surface area contributed by atoms with Crippen molar-refractivity contribution < 1.29 is 5.11 Å². The summed E-state index contributed by atoms with van der Waals surface area (Å²) in [6.45, 7) is 3.92. The summed E-state index contributed by atoms with van der Waals surface area (Å²) in [6, 6.07) is 18.5. The summed E-state index contributed by atoms with van der Waals surface area (Å²) in [6.07, 6.45) is 0.0799. The van der Waals surface area contributed by atoms with Gasteiger partial charge in [0.15, 0.2) is 0 Å². The lowest BCUT2D eigenvalue weighted by atomic mass is 9.96. The average molecular weight is 277 g/mol. The van der Waals surface area contributed by atoms with Gasteiger partial charge in [0.2, 0.25) is 0 Å². The van der Waals surface area contributed by atoms with Crippen LogP contribution < -0.4 is 0 Å². The van der Waals surface area contributed by atoms with Crippen molar-refractivity contribution in [3.63, 3.8) is 0 Å². The Balaban J connectivity index is 1.94. The van der Waals surface area contributed by atoms with Gasteiger partial charge in [-0.05, 0) is 36.2 Å². The number of aliphatic hydroxyl groups excluding tert-OH is 1. The van der Waals surface area contributed by atoms with E-state index < -0.39 is 6.10 Å². The summed E-state index contributed by atoms with van der Waals surface area (Å²) in [5, 5.41) is 13.0. The minimum Gasteiger partial charge on any atom is -0.388 e. The van der Waals surface area contributed by atoms with E-state index in [4.69, 9.17) is 0 Å². The summed E-state index contributed by atoms with van der Waals surface area (Å²) in [7, 11) is 0. The topological polar surface area (TPSA) is 33.1 Å². The fourth-order valence-electron chi connectivity index (χ4n) is 2.84. The number of aromatic nitrogens is 1. The van der Waals surface area contributed by atoms with Crippen LogP contribution >= 0.6 is 0 Å². The SMILES string of the molecule is Cc1ccc(C(O)Cc2cccc3ccccc23)c(C)n1. The molecule has 21 heavy (non-hydrogen) atoms. The Morgan fingerprint density at radius 1 is 0.952 bits per heavy atom. The third-order valence-electron chi connectivity index (χ3n) is 3.92. The Kier molecular flexibility index (Phi) is 3.72. The van der Waals surface area contributed by atoms with Crippen molar-refractivity contribution in [1.82, 2.24) is 4.98 Å². The molecular weight excluding hydrogens is 258 g/mol. The second kappa shape index (κ2) is 5.66. The first-order valence-electron chi connectivity index (χ1n) is 7.24. The van der Waals surface area contributed by atoms with E-state index in [1.54, 1.807) is 0 Å². The number of rotatable bonds is 3. The highest BCUT2D eigenvalue weighted by Crippen LogP contribution is 2.25. The maximum Gasteiger partial charge on any atom is 0.0848 e. The van der Waals surface area contributed by atoms with Gasteiger partial charge in [-0.25, -0.2) is 0 Å². The van der Waals surface area contributed by atoms with Crippen molar-refractivity contribution in [3.8, 4) is 0 Å². The lowest BCUT2D eigenvalue weighted by Crippen LogP contribution is -2.06. The van der Waals surface area contributed by atoms with E-state index in [0.717, 1.165) is 17.0 Å². The molecule has 1 heterocycles. The largest absolute Gasteiger partial charge is 0.388 e. The molecule has 0 radical (unpaired) electrons. The van der Waals surface area contributed by atoms with Crippen molar-refractivity contribution >= 4 is 10.8 Å². The van der Waals surface area contributed by atoms with Crippen LogP contribution in [0.5, 0.6) is 0 Å². The molecule has 1 atom stereocenters. The molecule has 0 saturated carbocycles. The molecule has 0 amide bonds. The van der Waals surface area contributed by atoms with Gasteiger partial charge < -0.3 is 5.11 Å².